The van der Waals surface area contributed by atoms with Crippen molar-refractivity contribution in [3.63, 3.8) is 0 Å². The van der Waals surface area contributed by atoms with Crippen molar-refractivity contribution < 1.29 is 42.7 Å². The summed E-state index contributed by atoms with van der Waals surface area (Å²) in [5.74, 6) is 0.551. The van der Waals surface area contributed by atoms with Gasteiger partial charge in [-0.1, -0.05) is 194 Å². The minimum atomic E-state index is -1.05. The number of fused-ring (bicyclic) bond motifs is 1. The van der Waals surface area contributed by atoms with E-state index in [0.29, 0.717) is 30.1 Å². The number of rotatable bonds is 21. The van der Waals surface area contributed by atoms with Crippen LogP contribution in [0.2, 0.25) is 0 Å². The zero-order valence-corrected chi connectivity index (χ0v) is 40.2. The Morgan fingerprint density at radius 2 is 0.904 bits per heavy atom. The number of phenols is 1. The summed E-state index contributed by atoms with van der Waals surface area (Å²) in [6, 6.07) is 68.0. The van der Waals surface area contributed by atoms with E-state index < -0.39 is 35.9 Å². The smallest absolute Gasteiger partial charge is 0.204 e. The molecule has 5 atom stereocenters. The third kappa shape index (κ3) is 12.3. The van der Waals surface area contributed by atoms with Gasteiger partial charge in [0.05, 0.1) is 44.2 Å². The van der Waals surface area contributed by atoms with Crippen LogP contribution >= 0.6 is 0 Å². The zero-order valence-electron chi connectivity index (χ0n) is 40.2. The maximum atomic E-state index is 15.0. The second-order valence-corrected chi connectivity index (χ2v) is 17.9. The Bertz CT molecular complexity index is 3170. The number of ether oxygens (including phenoxy) is 7. The molecule has 0 unspecified atom stereocenters. The van der Waals surface area contributed by atoms with Crippen LogP contribution in [0.5, 0.6) is 17.2 Å². The molecule has 1 aliphatic heterocycles. The molecule has 8 aromatic carbocycles. The third-order valence-corrected chi connectivity index (χ3v) is 12.8. The topological polar surface area (TPSA) is 115 Å². The predicted octanol–water partition coefficient (Wildman–Crippen LogP) is 12.7. The van der Waals surface area contributed by atoms with Gasteiger partial charge < -0.3 is 42.7 Å². The van der Waals surface area contributed by atoms with Gasteiger partial charge in [-0.25, -0.2) is 0 Å². The molecule has 2 heterocycles. The van der Waals surface area contributed by atoms with Crippen LogP contribution in [0, 0.1) is 0 Å². The molecule has 10 nitrogen and oxygen atoms in total. The van der Waals surface area contributed by atoms with E-state index in [1.165, 1.54) is 12.3 Å². The molecule has 0 bridgehead atoms. The molecule has 0 radical (unpaired) electrons. The lowest BCUT2D eigenvalue weighted by Crippen LogP contribution is -2.58. The highest BCUT2D eigenvalue weighted by Crippen LogP contribution is 2.47. The number of phenolic OH excluding ortho intramolecular Hbond substituents is 1. The van der Waals surface area contributed by atoms with Gasteiger partial charge in [0.15, 0.2) is 5.58 Å². The highest BCUT2D eigenvalue weighted by molar-refractivity contribution is 5.91. The zero-order chi connectivity index (χ0) is 49.6. The van der Waals surface area contributed by atoms with Gasteiger partial charge in [-0.15, -0.1) is 0 Å². The van der Waals surface area contributed by atoms with Crippen molar-refractivity contribution in [3.05, 3.63) is 268 Å². The fourth-order valence-corrected chi connectivity index (χ4v) is 9.10. The highest BCUT2D eigenvalue weighted by atomic mass is 16.6. The Labute approximate surface area is 424 Å². The van der Waals surface area contributed by atoms with Crippen molar-refractivity contribution in [1.29, 1.82) is 0 Å². The van der Waals surface area contributed by atoms with Crippen LogP contribution in [0.4, 0.5) is 0 Å². The molecular weight excluding hydrogens is 917 g/mol. The Hall–Kier alpha value is -7.83. The summed E-state index contributed by atoms with van der Waals surface area (Å²) in [5, 5.41) is 12.0. The van der Waals surface area contributed by atoms with Gasteiger partial charge in [0.2, 0.25) is 5.43 Å². The SMILES string of the molecule is O=c1c(-c2ccc(OCc3ccccc3)cc2)coc2c([C@@H]3O[C@H](COCc4ccccc4)[C@@H](OCc4ccccc4)[C@H](OCc4ccccc4)[C@H]3OCc3ccccc3)c(OCc3ccccc3)cc(O)c12. The summed E-state index contributed by atoms with van der Waals surface area (Å²) < 4.78 is 54.4. The predicted molar refractivity (Wildman–Crippen MR) is 280 cm³/mol. The number of hydrogen-bond donors (Lipinski definition) is 1. The summed E-state index contributed by atoms with van der Waals surface area (Å²) in [7, 11) is 0. The van der Waals surface area contributed by atoms with E-state index in [2.05, 4.69) is 0 Å². The molecule has 1 fully saturated rings. The van der Waals surface area contributed by atoms with Crippen LogP contribution in [0.3, 0.4) is 0 Å². The van der Waals surface area contributed by atoms with Gasteiger partial charge in [-0.3, -0.25) is 4.79 Å². The van der Waals surface area contributed by atoms with E-state index in [9.17, 15) is 9.90 Å². The molecule has 1 N–H and O–H groups in total. The molecule has 368 valence electrons. The van der Waals surface area contributed by atoms with Gasteiger partial charge in [0.1, 0.15) is 72.6 Å². The van der Waals surface area contributed by atoms with Gasteiger partial charge >= 0.3 is 0 Å². The first-order valence-corrected chi connectivity index (χ1v) is 24.5. The molecule has 0 saturated carbocycles. The largest absolute Gasteiger partial charge is 0.507 e. The first kappa shape index (κ1) is 48.8. The first-order valence-electron chi connectivity index (χ1n) is 24.5. The van der Waals surface area contributed by atoms with Gasteiger partial charge in [-0.05, 0) is 51.1 Å². The summed E-state index contributed by atoms with van der Waals surface area (Å²) in [6.45, 7) is 1.56. The molecule has 1 aliphatic rings. The quantitative estimate of drug-likeness (QED) is 0.0746. The maximum Gasteiger partial charge on any atom is 0.204 e. The minimum Gasteiger partial charge on any atom is -0.507 e. The van der Waals surface area contributed by atoms with Crippen molar-refractivity contribution in [2.75, 3.05) is 6.61 Å². The van der Waals surface area contributed by atoms with Crippen LogP contribution in [0.15, 0.2) is 228 Å². The monoisotopic (exact) mass is 972 g/mol. The molecule has 0 aliphatic carbocycles. The van der Waals surface area contributed by atoms with Gasteiger partial charge in [0.25, 0.3) is 0 Å². The van der Waals surface area contributed by atoms with E-state index in [4.69, 9.17) is 37.6 Å². The Balaban J connectivity index is 1.10. The lowest BCUT2D eigenvalue weighted by Gasteiger charge is -2.46. The number of hydrogen-bond acceptors (Lipinski definition) is 10. The molecule has 10 heteroatoms. The number of benzene rings is 8. The van der Waals surface area contributed by atoms with E-state index in [-0.39, 0.29) is 61.1 Å². The molecule has 10 rings (SSSR count). The second kappa shape index (κ2) is 24.1. The third-order valence-electron chi connectivity index (χ3n) is 12.8. The molecule has 0 amide bonds. The standard InChI is InChI=1S/C63H56O10/c64-53-35-54(68-38-46-23-11-3-12-24-46)57(60-56(53)58(65)52(42-72-60)50-31-33-51(34-32-50)67-37-45-21-9-2-10-22-45)61-63(71-41-49-29-17-6-18-30-49)62(70-40-48-27-15-5-16-28-48)59(69-39-47-25-13-4-14-26-47)55(73-61)43-66-36-44-19-7-1-8-20-44/h1-35,42,55,59,61-64H,36-41,43H2/t55-,59-,61+,62+,63+/m1/s1. The lowest BCUT2D eigenvalue weighted by atomic mass is 9.88. The molecule has 73 heavy (non-hydrogen) atoms. The molecule has 0 spiro atoms. The maximum absolute atomic E-state index is 15.0. The van der Waals surface area contributed by atoms with Crippen LogP contribution in [-0.4, -0.2) is 36.1 Å². The lowest BCUT2D eigenvalue weighted by molar-refractivity contribution is -0.275. The van der Waals surface area contributed by atoms with Crippen molar-refractivity contribution in [2.24, 2.45) is 0 Å². The second-order valence-electron chi connectivity index (χ2n) is 17.9. The Kier molecular flexibility index (Phi) is 16.1. The molecule has 9 aromatic rings. The van der Waals surface area contributed by atoms with Gasteiger partial charge in [0, 0.05) is 6.07 Å². The van der Waals surface area contributed by atoms with Crippen molar-refractivity contribution >= 4 is 11.0 Å². The summed E-state index contributed by atoms with van der Waals surface area (Å²) in [4.78, 5) is 15.0. The normalized spacial score (nSPS) is 17.6. The fourth-order valence-electron chi connectivity index (χ4n) is 9.10. The summed E-state index contributed by atoms with van der Waals surface area (Å²) in [6.07, 6.45) is -2.87. The van der Waals surface area contributed by atoms with E-state index >= 15 is 0 Å². The van der Waals surface area contributed by atoms with Crippen LogP contribution in [-0.2, 0) is 63.3 Å². The molecule has 1 aromatic heterocycles. The molecular formula is C63H56O10. The van der Waals surface area contributed by atoms with E-state index in [1.807, 2.05) is 194 Å². The summed E-state index contributed by atoms with van der Waals surface area (Å²) in [5.41, 5.74) is 6.54. The van der Waals surface area contributed by atoms with Crippen LogP contribution < -0.4 is 14.9 Å². The summed E-state index contributed by atoms with van der Waals surface area (Å²) >= 11 is 0. The van der Waals surface area contributed by atoms with Crippen molar-refractivity contribution in [1.82, 2.24) is 0 Å². The van der Waals surface area contributed by atoms with Crippen LogP contribution in [0.25, 0.3) is 22.1 Å². The Morgan fingerprint density at radius 1 is 0.466 bits per heavy atom. The van der Waals surface area contributed by atoms with E-state index in [1.54, 1.807) is 12.1 Å². The van der Waals surface area contributed by atoms with Crippen molar-refractivity contribution in [2.45, 2.75) is 70.2 Å². The fraction of sp³-hybridized carbons (Fsp3) is 0.190. The van der Waals surface area contributed by atoms with Gasteiger partial charge in [-0.2, -0.15) is 0 Å². The van der Waals surface area contributed by atoms with Crippen molar-refractivity contribution in [3.8, 4) is 28.4 Å². The first-order chi connectivity index (χ1) is 36.0. The Morgan fingerprint density at radius 3 is 1.41 bits per heavy atom. The molecule has 1 saturated heterocycles. The highest BCUT2D eigenvalue weighted by Gasteiger charge is 2.51. The van der Waals surface area contributed by atoms with E-state index in [0.717, 1.165) is 33.4 Å². The average Bonchev–Trinajstić information content (AvgIpc) is 3.44. The average molecular weight is 973 g/mol. The number of aromatic hydroxyl groups is 1. The van der Waals surface area contributed by atoms with Crippen LogP contribution in [0.1, 0.15) is 45.0 Å². The minimum absolute atomic E-state index is 0.0459.